The van der Waals surface area contributed by atoms with E-state index in [-0.39, 0.29) is 27.1 Å². The number of anilines is 3. The van der Waals surface area contributed by atoms with Crippen LogP contribution in [0.15, 0.2) is 113 Å². The molecular weight excluding hydrogens is 719 g/mol. The summed E-state index contributed by atoms with van der Waals surface area (Å²) in [5.74, 6) is 3.47. The van der Waals surface area contributed by atoms with Crippen molar-refractivity contribution >= 4 is 28.8 Å². The predicted molar refractivity (Wildman–Crippen MR) is 243 cm³/mol. The number of benzene rings is 5. The van der Waals surface area contributed by atoms with Crippen molar-refractivity contribution in [2.75, 3.05) is 4.90 Å². The van der Waals surface area contributed by atoms with Crippen molar-refractivity contribution in [1.82, 2.24) is 0 Å². The average molecular weight is 780 g/mol. The van der Waals surface area contributed by atoms with E-state index in [0.29, 0.717) is 5.41 Å². The monoisotopic (exact) mass is 779 g/mol. The summed E-state index contributed by atoms with van der Waals surface area (Å²) >= 11 is 2.03. The molecule has 12 rings (SSSR count). The zero-order valence-electron chi connectivity index (χ0n) is 36.1. The molecule has 0 amide bonds. The highest BCUT2D eigenvalue weighted by molar-refractivity contribution is 7.99. The molecule has 2 heteroatoms. The minimum absolute atomic E-state index is 0.0652. The zero-order chi connectivity index (χ0) is 39.8. The molecule has 1 heterocycles. The standard InChI is InChI=1S/C56H61NS/c1-51(2)25-27-53(5,6)49-39(13-11-15-41(49)51)35-19-21-37(22-20-35)57(44-17-12-16-42-50(44)54(7,8)28-26-52(42,3)4)38-23-24-46-43(32-38)56(40-14-9-10-18-45(40)58-46)47-30-34-29-36-31-48(56)55(36,47)33-34/h9-24,32,34,36,47-48H,25-31,33H2,1-8H3. The maximum absolute atomic E-state index is 2.71. The zero-order valence-corrected chi connectivity index (χ0v) is 37.0. The average Bonchev–Trinajstić information content (AvgIpc) is 3.74. The van der Waals surface area contributed by atoms with Crippen molar-refractivity contribution in [3.63, 3.8) is 0 Å². The van der Waals surface area contributed by atoms with Crippen LogP contribution in [0.2, 0.25) is 0 Å². The summed E-state index contributed by atoms with van der Waals surface area (Å²) in [4.78, 5) is 5.68. The van der Waals surface area contributed by atoms with Gasteiger partial charge in [0.1, 0.15) is 0 Å². The van der Waals surface area contributed by atoms with Gasteiger partial charge in [-0.3, -0.25) is 0 Å². The summed E-state index contributed by atoms with van der Waals surface area (Å²) in [6, 6.07) is 41.4. The van der Waals surface area contributed by atoms with Gasteiger partial charge in [-0.15, -0.1) is 0 Å². The summed E-state index contributed by atoms with van der Waals surface area (Å²) in [6.07, 6.45) is 10.7. The molecule has 4 fully saturated rings. The number of hydrogen-bond donors (Lipinski definition) is 0. The third-order valence-electron chi connectivity index (χ3n) is 18.1. The molecule has 0 N–H and O–H groups in total. The normalized spacial score (nSPS) is 31.5. The molecule has 1 nitrogen and oxygen atoms in total. The van der Waals surface area contributed by atoms with Crippen LogP contribution in [0.3, 0.4) is 0 Å². The van der Waals surface area contributed by atoms with Gasteiger partial charge < -0.3 is 4.90 Å². The molecule has 4 saturated carbocycles. The largest absolute Gasteiger partial charge is 0.310 e. The smallest absolute Gasteiger partial charge is 0.0502 e. The molecule has 6 aliphatic carbocycles. The van der Waals surface area contributed by atoms with E-state index in [1.54, 1.807) is 16.7 Å². The first-order valence-electron chi connectivity index (χ1n) is 22.8. The molecule has 5 aromatic rings. The molecule has 6 unspecified atom stereocenters. The number of rotatable bonds is 4. The maximum atomic E-state index is 2.71. The lowest BCUT2D eigenvalue weighted by atomic mass is 9.26. The van der Waals surface area contributed by atoms with Crippen LogP contribution in [0.4, 0.5) is 17.1 Å². The van der Waals surface area contributed by atoms with E-state index in [9.17, 15) is 0 Å². The molecular formula is C56H61NS. The molecule has 7 aliphatic rings. The Labute approximate surface area is 352 Å². The molecule has 6 atom stereocenters. The Balaban J connectivity index is 1.05. The van der Waals surface area contributed by atoms with Crippen molar-refractivity contribution in [2.45, 2.75) is 144 Å². The van der Waals surface area contributed by atoms with E-state index in [1.165, 1.54) is 106 Å². The van der Waals surface area contributed by atoms with Crippen molar-refractivity contribution in [3.8, 4) is 11.1 Å². The van der Waals surface area contributed by atoms with E-state index in [4.69, 9.17) is 0 Å². The summed E-state index contributed by atoms with van der Waals surface area (Å²) in [5.41, 5.74) is 17.3. The first-order chi connectivity index (χ1) is 27.7. The Morgan fingerprint density at radius 3 is 1.86 bits per heavy atom. The molecule has 5 aromatic carbocycles. The second kappa shape index (κ2) is 11.5. The SMILES string of the molecule is CC1(C)CCC(C)(C)c2c(-c3ccc(N(c4ccc5c(c4)C4(c6ccccc6S5)C5CC6CC7CC4C75C6)c4cccc5c4C(C)(C)CCC5(C)C)cc3)cccc21. The van der Waals surface area contributed by atoms with Crippen LogP contribution in [-0.4, -0.2) is 0 Å². The van der Waals surface area contributed by atoms with Gasteiger partial charge in [0.2, 0.25) is 0 Å². The Kier molecular flexibility index (Phi) is 7.19. The highest BCUT2D eigenvalue weighted by Crippen LogP contribution is 2.89. The second-order valence-corrected chi connectivity index (χ2v) is 23.8. The van der Waals surface area contributed by atoms with Crippen molar-refractivity contribution < 1.29 is 0 Å². The van der Waals surface area contributed by atoms with Gasteiger partial charge in [0.25, 0.3) is 0 Å². The summed E-state index contributed by atoms with van der Waals surface area (Å²) in [7, 11) is 0. The summed E-state index contributed by atoms with van der Waals surface area (Å²) in [5, 5.41) is 0. The molecule has 58 heavy (non-hydrogen) atoms. The fraction of sp³-hybridized carbons (Fsp3) is 0.464. The highest BCUT2D eigenvalue weighted by atomic mass is 32.2. The summed E-state index contributed by atoms with van der Waals surface area (Å²) < 4.78 is 0. The number of nitrogens with zero attached hydrogens (tertiary/aromatic N) is 1. The Bertz CT molecular complexity index is 2550. The van der Waals surface area contributed by atoms with Crippen LogP contribution >= 0.6 is 11.8 Å². The van der Waals surface area contributed by atoms with Crippen LogP contribution in [0.5, 0.6) is 0 Å². The molecule has 0 radical (unpaired) electrons. The van der Waals surface area contributed by atoms with E-state index >= 15 is 0 Å². The quantitative estimate of drug-likeness (QED) is 0.179. The Hall–Kier alpha value is -3.75. The van der Waals surface area contributed by atoms with E-state index in [0.717, 1.165) is 23.7 Å². The van der Waals surface area contributed by atoms with Gasteiger partial charge in [0.15, 0.2) is 0 Å². The molecule has 2 bridgehead atoms. The second-order valence-electron chi connectivity index (χ2n) is 22.7. The molecule has 2 spiro atoms. The van der Waals surface area contributed by atoms with Crippen LogP contribution < -0.4 is 4.90 Å². The maximum Gasteiger partial charge on any atom is 0.0502 e. The minimum Gasteiger partial charge on any atom is -0.310 e. The van der Waals surface area contributed by atoms with Crippen LogP contribution in [-0.2, 0) is 27.1 Å². The topological polar surface area (TPSA) is 3.24 Å². The Morgan fingerprint density at radius 2 is 1.12 bits per heavy atom. The molecule has 0 aromatic heterocycles. The van der Waals surface area contributed by atoms with Crippen LogP contribution in [0.1, 0.15) is 140 Å². The van der Waals surface area contributed by atoms with Gasteiger partial charge >= 0.3 is 0 Å². The first kappa shape index (κ1) is 36.1. The van der Waals surface area contributed by atoms with Gasteiger partial charge in [-0.25, -0.2) is 0 Å². The fourth-order valence-electron chi connectivity index (χ4n) is 15.3. The molecule has 296 valence electrons. The highest BCUT2D eigenvalue weighted by Gasteiger charge is 2.84. The van der Waals surface area contributed by atoms with E-state index in [1.807, 2.05) is 11.8 Å². The van der Waals surface area contributed by atoms with E-state index in [2.05, 4.69) is 163 Å². The number of hydrogen-bond acceptors (Lipinski definition) is 2. The number of fused-ring (bicyclic) bond motifs is 9. The third kappa shape index (κ3) is 4.47. The summed E-state index contributed by atoms with van der Waals surface area (Å²) in [6.45, 7) is 19.8. The first-order valence-corrected chi connectivity index (χ1v) is 23.6. The van der Waals surface area contributed by atoms with Gasteiger partial charge in [-0.05, 0) is 189 Å². The lowest BCUT2D eigenvalue weighted by Gasteiger charge is -2.78. The third-order valence-corrected chi connectivity index (χ3v) is 19.2. The minimum atomic E-state index is 0.0652. The van der Waals surface area contributed by atoms with Gasteiger partial charge in [-0.2, -0.15) is 0 Å². The van der Waals surface area contributed by atoms with Crippen LogP contribution in [0, 0.1) is 29.1 Å². The van der Waals surface area contributed by atoms with Gasteiger partial charge in [0, 0.05) is 26.6 Å². The fourth-order valence-corrected chi connectivity index (χ4v) is 16.5. The molecule has 1 aliphatic heterocycles. The van der Waals surface area contributed by atoms with Crippen molar-refractivity contribution in [1.29, 1.82) is 0 Å². The lowest BCUT2D eigenvalue weighted by Crippen LogP contribution is -2.74. The predicted octanol–water partition coefficient (Wildman–Crippen LogP) is 15.3. The molecule has 0 saturated heterocycles. The van der Waals surface area contributed by atoms with Crippen molar-refractivity contribution in [2.24, 2.45) is 29.1 Å². The Morgan fingerprint density at radius 1 is 0.517 bits per heavy atom. The van der Waals surface area contributed by atoms with Crippen LogP contribution in [0.25, 0.3) is 11.1 Å². The van der Waals surface area contributed by atoms with Gasteiger partial charge in [-0.1, -0.05) is 128 Å². The lowest BCUT2D eigenvalue weighted by molar-refractivity contribution is -0.235. The van der Waals surface area contributed by atoms with Gasteiger partial charge in [0.05, 0.1) is 5.69 Å². The van der Waals surface area contributed by atoms with E-state index < -0.39 is 0 Å². The van der Waals surface area contributed by atoms with Crippen molar-refractivity contribution in [3.05, 3.63) is 137 Å².